The third-order valence-electron chi connectivity index (χ3n) is 6.81. The van der Waals surface area contributed by atoms with E-state index in [2.05, 4.69) is 4.98 Å². The minimum Gasteiger partial charge on any atom is -0.356 e. The van der Waals surface area contributed by atoms with E-state index in [0.29, 0.717) is 12.0 Å². The fourth-order valence-corrected chi connectivity index (χ4v) is 5.03. The normalized spacial score (nSPS) is 21.4. The van der Waals surface area contributed by atoms with Gasteiger partial charge in [0.25, 0.3) is 5.69 Å². The molecule has 3 aromatic rings. The summed E-state index contributed by atoms with van der Waals surface area (Å²) >= 11 is 0. The molecule has 0 saturated carbocycles. The number of carbonyl (C=O) groups excluding carboxylic acids is 2. The highest BCUT2D eigenvalue weighted by Gasteiger charge is 2.49. The van der Waals surface area contributed by atoms with Gasteiger partial charge in [0.15, 0.2) is 0 Å². The molecule has 2 aromatic carbocycles. The molecule has 8 nitrogen and oxygen atoms in total. The van der Waals surface area contributed by atoms with E-state index in [4.69, 9.17) is 0 Å². The molecule has 164 valence electrons. The van der Waals surface area contributed by atoms with E-state index < -0.39 is 17.0 Å². The molecule has 2 amide bonds. The minimum atomic E-state index is -0.638. The summed E-state index contributed by atoms with van der Waals surface area (Å²) in [6.07, 6.45) is 1.18. The molecule has 0 spiro atoms. The van der Waals surface area contributed by atoms with E-state index in [1.807, 2.05) is 38.1 Å². The molecule has 2 aliphatic heterocycles. The number of amides is 2. The second-order valence-corrected chi connectivity index (χ2v) is 8.56. The first-order valence-electron chi connectivity index (χ1n) is 10.9. The number of nitro groups is 1. The quantitative estimate of drug-likeness (QED) is 0.503. The van der Waals surface area contributed by atoms with Crippen molar-refractivity contribution in [2.75, 3.05) is 6.54 Å². The van der Waals surface area contributed by atoms with Crippen LogP contribution in [0.1, 0.15) is 43.1 Å². The van der Waals surface area contributed by atoms with Crippen LogP contribution in [0.5, 0.6) is 0 Å². The second kappa shape index (κ2) is 7.47. The average molecular weight is 432 g/mol. The zero-order chi connectivity index (χ0) is 22.6. The summed E-state index contributed by atoms with van der Waals surface area (Å²) in [6.45, 7) is 3.98. The van der Waals surface area contributed by atoms with Gasteiger partial charge >= 0.3 is 0 Å². The van der Waals surface area contributed by atoms with Gasteiger partial charge in [0.05, 0.1) is 11.0 Å². The number of fused-ring (bicyclic) bond motifs is 4. The van der Waals surface area contributed by atoms with Crippen molar-refractivity contribution in [2.24, 2.45) is 0 Å². The predicted molar refractivity (Wildman–Crippen MR) is 119 cm³/mol. The number of rotatable bonds is 4. The van der Waals surface area contributed by atoms with Gasteiger partial charge in [-0.1, -0.05) is 37.3 Å². The van der Waals surface area contributed by atoms with Gasteiger partial charge in [0, 0.05) is 41.2 Å². The van der Waals surface area contributed by atoms with Gasteiger partial charge in [0.2, 0.25) is 11.8 Å². The Morgan fingerprint density at radius 3 is 2.72 bits per heavy atom. The van der Waals surface area contributed by atoms with Gasteiger partial charge in [-0.3, -0.25) is 19.7 Å². The summed E-state index contributed by atoms with van der Waals surface area (Å²) in [5.74, 6) is -0.207. The number of hydrogen-bond acceptors (Lipinski definition) is 4. The maximum Gasteiger partial charge on any atom is 0.269 e. The molecule has 3 unspecified atom stereocenters. The number of non-ortho nitro benzene ring substituents is 1. The smallest absolute Gasteiger partial charge is 0.269 e. The van der Waals surface area contributed by atoms with Crippen LogP contribution < -0.4 is 0 Å². The van der Waals surface area contributed by atoms with Crippen LogP contribution in [0.2, 0.25) is 0 Å². The number of hydrogen-bond donors (Lipinski definition) is 1. The number of nitrogens with one attached hydrogen (secondary N) is 1. The Labute approximate surface area is 185 Å². The van der Waals surface area contributed by atoms with Crippen LogP contribution in [-0.4, -0.2) is 50.1 Å². The average Bonchev–Trinajstić information content (AvgIpc) is 3.18. The molecule has 32 heavy (non-hydrogen) atoms. The van der Waals surface area contributed by atoms with Crippen molar-refractivity contribution in [3.8, 4) is 0 Å². The molecule has 1 N–H and O–H groups in total. The predicted octanol–water partition coefficient (Wildman–Crippen LogP) is 3.56. The maximum absolute atomic E-state index is 13.5. The number of carbonyl (C=O) groups is 2. The number of H-pyrrole nitrogens is 1. The van der Waals surface area contributed by atoms with Gasteiger partial charge in [-0.15, -0.1) is 0 Å². The first kappa shape index (κ1) is 20.2. The Morgan fingerprint density at radius 2 is 1.97 bits per heavy atom. The van der Waals surface area contributed by atoms with Crippen molar-refractivity contribution in [1.82, 2.24) is 14.8 Å². The van der Waals surface area contributed by atoms with E-state index in [1.165, 1.54) is 12.1 Å². The number of para-hydroxylation sites is 1. The number of nitrogens with zero attached hydrogens (tertiary/aromatic N) is 3. The number of benzene rings is 2. The van der Waals surface area contributed by atoms with Gasteiger partial charge in [0.1, 0.15) is 12.6 Å². The molecule has 1 saturated heterocycles. The molecule has 3 heterocycles. The lowest BCUT2D eigenvalue weighted by Crippen LogP contribution is -2.64. The monoisotopic (exact) mass is 432 g/mol. The SMILES string of the molecule is CCC(C)N1CC(=O)N2C(Cc3c([nH]c4ccccc34)C2c2cccc([N+](=O)[O-])c2)C1=O. The van der Waals surface area contributed by atoms with Crippen molar-refractivity contribution in [2.45, 2.75) is 44.8 Å². The summed E-state index contributed by atoms with van der Waals surface area (Å²) in [7, 11) is 0. The molecular weight excluding hydrogens is 408 g/mol. The highest BCUT2D eigenvalue weighted by Crippen LogP contribution is 2.43. The Morgan fingerprint density at radius 1 is 1.19 bits per heavy atom. The third kappa shape index (κ3) is 2.97. The number of aromatic nitrogens is 1. The lowest BCUT2D eigenvalue weighted by atomic mass is 9.85. The fourth-order valence-electron chi connectivity index (χ4n) is 5.03. The molecule has 0 aliphatic carbocycles. The van der Waals surface area contributed by atoms with Gasteiger partial charge in [-0.05, 0) is 30.5 Å². The maximum atomic E-state index is 13.5. The van der Waals surface area contributed by atoms with Crippen molar-refractivity contribution >= 4 is 28.4 Å². The summed E-state index contributed by atoms with van der Waals surface area (Å²) in [6, 6.07) is 12.9. The summed E-state index contributed by atoms with van der Waals surface area (Å²) < 4.78 is 0. The minimum absolute atomic E-state index is 0.0192. The summed E-state index contributed by atoms with van der Waals surface area (Å²) in [5, 5.41) is 12.4. The molecule has 1 fully saturated rings. The molecular formula is C24H24N4O4. The van der Waals surface area contributed by atoms with Gasteiger partial charge in [-0.25, -0.2) is 0 Å². The van der Waals surface area contributed by atoms with Gasteiger partial charge in [-0.2, -0.15) is 0 Å². The standard InChI is InChI=1S/C24H24N4O4/c1-3-14(2)26-13-21(29)27-20(24(26)30)12-18-17-9-4-5-10-19(17)25-22(18)23(27)15-7-6-8-16(11-15)28(31)32/h4-11,14,20,23,25H,3,12-13H2,1-2H3. The van der Waals surface area contributed by atoms with Crippen molar-refractivity contribution in [3.63, 3.8) is 0 Å². The Kier molecular flexibility index (Phi) is 4.73. The van der Waals surface area contributed by atoms with Crippen molar-refractivity contribution in [3.05, 3.63) is 75.5 Å². The topological polar surface area (TPSA) is 99.6 Å². The van der Waals surface area contributed by atoms with Crippen LogP contribution in [0.25, 0.3) is 10.9 Å². The Balaban J connectivity index is 1.71. The highest BCUT2D eigenvalue weighted by molar-refractivity contribution is 5.97. The number of nitro benzene ring substituents is 1. The van der Waals surface area contributed by atoms with Crippen LogP contribution in [-0.2, 0) is 16.0 Å². The first-order valence-corrected chi connectivity index (χ1v) is 10.9. The molecule has 1 aromatic heterocycles. The third-order valence-corrected chi connectivity index (χ3v) is 6.81. The van der Waals surface area contributed by atoms with E-state index in [1.54, 1.807) is 21.9 Å². The molecule has 0 radical (unpaired) electrons. The van der Waals surface area contributed by atoms with Crippen LogP contribution in [0.15, 0.2) is 48.5 Å². The Hall–Kier alpha value is -3.68. The fraction of sp³-hybridized carbons (Fsp3) is 0.333. The molecule has 2 aliphatic rings. The van der Waals surface area contributed by atoms with Crippen molar-refractivity contribution < 1.29 is 14.5 Å². The number of aromatic amines is 1. The Bertz CT molecular complexity index is 1250. The summed E-state index contributed by atoms with van der Waals surface area (Å²) in [4.78, 5) is 44.7. The molecule has 5 rings (SSSR count). The molecule has 8 heteroatoms. The highest BCUT2D eigenvalue weighted by atomic mass is 16.6. The van der Waals surface area contributed by atoms with Crippen LogP contribution in [0, 0.1) is 10.1 Å². The van der Waals surface area contributed by atoms with E-state index in [-0.39, 0.29) is 30.1 Å². The lowest BCUT2D eigenvalue weighted by molar-refractivity contribution is -0.384. The van der Waals surface area contributed by atoms with E-state index >= 15 is 0 Å². The molecule has 0 bridgehead atoms. The van der Waals surface area contributed by atoms with E-state index in [9.17, 15) is 19.7 Å². The zero-order valence-electron chi connectivity index (χ0n) is 17.9. The summed E-state index contributed by atoms with van der Waals surface area (Å²) in [5.41, 5.74) is 3.31. The van der Waals surface area contributed by atoms with Crippen LogP contribution in [0.4, 0.5) is 5.69 Å². The first-order chi connectivity index (χ1) is 15.4. The van der Waals surface area contributed by atoms with Crippen LogP contribution in [0.3, 0.4) is 0 Å². The molecule has 3 atom stereocenters. The zero-order valence-corrected chi connectivity index (χ0v) is 17.9. The number of piperazine rings is 1. The van der Waals surface area contributed by atoms with Crippen molar-refractivity contribution in [1.29, 1.82) is 0 Å². The largest absolute Gasteiger partial charge is 0.356 e. The van der Waals surface area contributed by atoms with Gasteiger partial charge < -0.3 is 14.8 Å². The van der Waals surface area contributed by atoms with E-state index in [0.717, 1.165) is 28.6 Å². The second-order valence-electron chi connectivity index (χ2n) is 8.56. The lowest BCUT2D eigenvalue weighted by Gasteiger charge is -2.48. The van der Waals surface area contributed by atoms with Crippen LogP contribution >= 0.6 is 0 Å².